The van der Waals surface area contributed by atoms with E-state index in [0.717, 1.165) is 21.7 Å². The van der Waals surface area contributed by atoms with Crippen molar-refractivity contribution in [1.82, 2.24) is 20.5 Å². The van der Waals surface area contributed by atoms with Crippen molar-refractivity contribution >= 4 is 35.3 Å². The van der Waals surface area contributed by atoms with Gasteiger partial charge in [0, 0.05) is 38.6 Å². The molecule has 2 N–H and O–H groups in total. The molecule has 1 aliphatic heterocycles. The van der Waals surface area contributed by atoms with Gasteiger partial charge >= 0.3 is 0 Å². The number of halogens is 1. The van der Waals surface area contributed by atoms with Gasteiger partial charge in [0.15, 0.2) is 5.67 Å². The maximum atomic E-state index is 14.5. The number of hydrogen-bond donors (Lipinski definition) is 2. The number of amides is 3. The molecule has 0 unspecified atom stereocenters. The van der Waals surface area contributed by atoms with Crippen molar-refractivity contribution in [2.24, 2.45) is 5.41 Å². The Morgan fingerprint density at radius 3 is 2.62 bits per heavy atom. The smallest absolute Gasteiger partial charge is 0.258 e. The fourth-order valence-electron chi connectivity index (χ4n) is 5.20. The molecule has 1 saturated heterocycles. The Morgan fingerprint density at radius 1 is 1.24 bits per heavy atom. The van der Waals surface area contributed by atoms with Crippen LogP contribution in [0, 0.1) is 12.3 Å². The molecule has 2 aromatic rings. The van der Waals surface area contributed by atoms with Gasteiger partial charge in [-0.3, -0.25) is 14.4 Å². The summed E-state index contributed by atoms with van der Waals surface area (Å²) in [6, 6.07) is 3.88. The predicted octanol–water partition coefficient (Wildman–Crippen LogP) is 3.37. The van der Waals surface area contributed by atoms with Crippen molar-refractivity contribution in [3.8, 4) is 16.2 Å². The summed E-state index contributed by atoms with van der Waals surface area (Å²) in [5, 5.41) is 5.58. The summed E-state index contributed by atoms with van der Waals surface area (Å²) in [7, 11) is 1.52. The van der Waals surface area contributed by atoms with E-state index in [1.54, 1.807) is 26.3 Å². The molecule has 246 valence electrons. The number of hydrogen-bond acceptors (Lipinski definition) is 9. The standard InChI is InChI=1S/C32H43FN4O7S/c1-20-26(45-19-35-20)21-7-8-22(25(15-21)44-13-6-12-43-14-11-38)17-34-28(39)24-16-23(42-5)18-37(24)29(40)27(31(2,3)4)36-30(41)32(33)9-10-32/h7-8,11,15,19,23-24,27H,6,9-10,12-14,16-18H2,1-5H3,(H,34,39)(H,36,41)/t23-,24+,27-/m1/s1. The van der Waals surface area contributed by atoms with Gasteiger partial charge in [0.05, 0.1) is 35.4 Å². The lowest BCUT2D eigenvalue weighted by Crippen LogP contribution is -2.59. The number of aromatic nitrogens is 1. The van der Waals surface area contributed by atoms with E-state index in [1.165, 1.54) is 23.3 Å². The highest BCUT2D eigenvalue weighted by Crippen LogP contribution is 2.40. The van der Waals surface area contributed by atoms with Crippen LogP contribution in [0.5, 0.6) is 5.75 Å². The van der Waals surface area contributed by atoms with Crippen LogP contribution >= 0.6 is 11.3 Å². The molecule has 1 aromatic carbocycles. The van der Waals surface area contributed by atoms with E-state index in [-0.39, 0.29) is 51.0 Å². The van der Waals surface area contributed by atoms with Crippen molar-refractivity contribution in [3.05, 3.63) is 35.0 Å². The molecule has 2 aliphatic rings. The third-order valence-corrected chi connectivity index (χ3v) is 9.05. The molecular formula is C32H43FN4O7S. The molecule has 4 rings (SSSR count). The zero-order valence-corrected chi connectivity index (χ0v) is 27.3. The summed E-state index contributed by atoms with van der Waals surface area (Å²) in [5.41, 5.74) is 1.69. The maximum Gasteiger partial charge on any atom is 0.258 e. The van der Waals surface area contributed by atoms with Crippen LogP contribution in [0.15, 0.2) is 23.7 Å². The Morgan fingerprint density at radius 2 is 2.00 bits per heavy atom. The quantitative estimate of drug-likeness (QED) is 0.222. The van der Waals surface area contributed by atoms with Crippen molar-refractivity contribution < 1.29 is 37.8 Å². The topological polar surface area (TPSA) is 136 Å². The molecular weight excluding hydrogens is 603 g/mol. The molecule has 3 atom stereocenters. The Hall–Kier alpha value is -3.42. The SMILES string of the molecule is CO[C@@H]1C[C@@H](C(=O)NCc2ccc(-c3scnc3C)cc2OCCCOCC=O)N(C(=O)[C@@H](NC(=O)C2(F)CC2)C(C)(C)C)C1. The molecule has 11 nitrogen and oxygen atoms in total. The number of methoxy groups -OCH3 is 1. The van der Waals surface area contributed by atoms with Crippen molar-refractivity contribution in [2.45, 2.75) is 83.8 Å². The molecule has 2 fully saturated rings. The van der Waals surface area contributed by atoms with Crippen LogP contribution in [0.4, 0.5) is 4.39 Å². The summed E-state index contributed by atoms with van der Waals surface area (Å²) >= 11 is 1.52. The van der Waals surface area contributed by atoms with Crippen LogP contribution in [0.1, 0.15) is 57.7 Å². The van der Waals surface area contributed by atoms with E-state index in [0.29, 0.717) is 31.7 Å². The van der Waals surface area contributed by atoms with Crippen LogP contribution in [0.3, 0.4) is 0 Å². The van der Waals surface area contributed by atoms with Crippen LogP contribution in [0.2, 0.25) is 0 Å². The number of aryl methyl sites for hydroxylation is 1. The number of carbonyl (C=O) groups is 4. The summed E-state index contributed by atoms with van der Waals surface area (Å²) in [4.78, 5) is 57.4. The monoisotopic (exact) mass is 646 g/mol. The van der Waals surface area contributed by atoms with Gasteiger partial charge in [0.2, 0.25) is 11.8 Å². The van der Waals surface area contributed by atoms with Gasteiger partial charge < -0.3 is 34.5 Å². The zero-order valence-electron chi connectivity index (χ0n) is 26.5. The number of rotatable bonds is 15. The second kappa shape index (κ2) is 14.8. The second-order valence-electron chi connectivity index (χ2n) is 12.6. The fourth-order valence-corrected chi connectivity index (χ4v) is 6.00. The first-order chi connectivity index (χ1) is 21.4. The van der Waals surface area contributed by atoms with E-state index in [1.807, 2.05) is 25.1 Å². The zero-order chi connectivity index (χ0) is 32.8. The molecule has 0 bridgehead atoms. The Kier molecular flexibility index (Phi) is 11.3. The lowest BCUT2D eigenvalue weighted by molar-refractivity contribution is -0.145. The Balaban J connectivity index is 1.48. The number of thiazole rings is 1. The molecule has 45 heavy (non-hydrogen) atoms. The van der Waals surface area contributed by atoms with Gasteiger partial charge in [-0.15, -0.1) is 11.3 Å². The number of nitrogens with one attached hydrogen (secondary N) is 2. The van der Waals surface area contributed by atoms with Crippen molar-refractivity contribution in [2.75, 3.05) is 33.5 Å². The summed E-state index contributed by atoms with van der Waals surface area (Å²) in [6.45, 7) is 8.35. The van der Waals surface area contributed by atoms with Crippen LogP contribution < -0.4 is 15.4 Å². The Bertz CT molecular complexity index is 1370. The van der Waals surface area contributed by atoms with E-state index >= 15 is 0 Å². The van der Waals surface area contributed by atoms with Crippen LogP contribution in [0.25, 0.3) is 10.4 Å². The number of nitrogens with zero attached hydrogens (tertiary/aromatic N) is 2. The fraction of sp³-hybridized carbons (Fsp3) is 0.594. The molecule has 0 spiro atoms. The highest BCUT2D eigenvalue weighted by atomic mass is 32.1. The molecule has 0 radical (unpaired) electrons. The molecule has 1 saturated carbocycles. The third kappa shape index (κ3) is 8.65. The lowest BCUT2D eigenvalue weighted by atomic mass is 9.85. The number of ether oxygens (including phenoxy) is 3. The molecule has 13 heteroatoms. The maximum absolute atomic E-state index is 14.5. The largest absolute Gasteiger partial charge is 0.493 e. The van der Waals surface area contributed by atoms with E-state index < -0.39 is 35.0 Å². The number of likely N-dealkylation sites (tertiary alicyclic amines) is 1. The predicted molar refractivity (Wildman–Crippen MR) is 167 cm³/mol. The minimum Gasteiger partial charge on any atom is -0.493 e. The second-order valence-corrected chi connectivity index (χ2v) is 13.4. The molecule has 1 aliphatic carbocycles. The first kappa shape index (κ1) is 34.5. The summed E-state index contributed by atoms with van der Waals surface area (Å²) in [6.07, 6.45) is 1.43. The van der Waals surface area contributed by atoms with Gasteiger partial charge in [-0.2, -0.15) is 0 Å². The summed E-state index contributed by atoms with van der Waals surface area (Å²) < 4.78 is 31.4. The first-order valence-corrected chi connectivity index (χ1v) is 16.0. The van der Waals surface area contributed by atoms with Crippen LogP contribution in [-0.2, 0) is 35.2 Å². The number of carbonyl (C=O) groups excluding carboxylic acids is 4. The number of benzene rings is 1. The average Bonchev–Trinajstić information content (AvgIpc) is 3.39. The van der Waals surface area contributed by atoms with Gasteiger partial charge in [-0.05, 0) is 36.8 Å². The number of aldehydes is 1. The van der Waals surface area contributed by atoms with Crippen LogP contribution in [-0.4, -0.2) is 91.2 Å². The minimum atomic E-state index is -1.93. The van der Waals surface area contributed by atoms with E-state index in [4.69, 9.17) is 14.2 Å². The van der Waals surface area contributed by atoms with Crippen molar-refractivity contribution in [1.29, 1.82) is 0 Å². The van der Waals surface area contributed by atoms with E-state index in [2.05, 4.69) is 15.6 Å². The first-order valence-electron chi connectivity index (χ1n) is 15.2. The third-order valence-electron chi connectivity index (χ3n) is 8.07. The lowest BCUT2D eigenvalue weighted by Gasteiger charge is -2.35. The molecule has 3 amide bonds. The molecule has 1 aromatic heterocycles. The van der Waals surface area contributed by atoms with Gasteiger partial charge in [-0.25, -0.2) is 9.37 Å². The van der Waals surface area contributed by atoms with Crippen molar-refractivity contribution in [3.63, 3.8) is 0 Å². The molecule has 2 heterocycles. The highest BCUT2D eigenvalue weighted by molar-refractivity contribution is 7.13. The summed E-state index contributed by atoms with van der Waals surface area (Å²) in [5.74, 6) is -1.04. The van der Waals surface area contributed by atoms with E-state index in [9.17, 15) is 23.6 Å². The Labute approximate surface area is 267 Å². The van der Waals surface area contributed by atoms with Gasteiger partial charge in [0.1, 0.15) is 30.7 Å². The minimum absolute atomic E-state index is 0.0293. The average molecular weight is 647 g/mol. The number of alkyl halides is 1. The van der Waals surface area contributed by atoms with Gasteiger partial charge in [0.25, 0.3) is 5.91 Å². The normalized spacial score (nSPS) is 19.6. The highest BCUT2D eigenvalue weighted by Gasteiger charge is 2.53. The van der Waals surface area contributed by atoms with Gasteiger partial charge in [-0.1, -0.05) is 32.9 Å².